The predicted octanol–water partition coefficient (Wildman–Crippen LogP) is 2.28. The third-order valence-electron chi connectivity index (χ3n) is 3.61. The van der Waals surface area contributed by atoms with Gasteiger partial charge in [-0.25, -0.2) is 4.79 Å². The van der Waals surface area contributed by atoms with E-state index in [9.17, 15) is 4.79 Å². The van der Waals surface area contributed by atoms with Crippen molar-refractivity contribution in [3.8, 4) is 0 Å². The first-order valence-corrected chi connectivity index (χ1v) is 7.71. The van der Waals surface area contributed by atoms with Crippen LogP contribution in [0.1, 0.15) is 52.4 Å². The number of carbonyl (C=O) groups is 1. The van der Waals surface area contributed by atoms with Crippen LogP contribution in [-0.4, -0.2) is 45.9 Å². The number of rotatable bonds is 3. The summed E-state index contributed by atoms with van der Waals surface area (Å²) in [6, 6.07) is -0.423. The molecule has 2 heterocycles. The highest BCUT2D eigenvalue weighted by Crippen LogP contribution is 2.23. The summed E-state index contributed by atoms with van der Waals surface area (Å²) < 4.78 is 11.1. The Hall–Kier alpha value is -1.63. The van der Waals surface area contributed by atoms with Crippen molar-refractivity contribution in [2.45, 2.75) is 59.3 Å². The Morgan fingerprint density at radius 3 is 2.64 bits per heavy atom. The second-order valence-corrected chi connectivity index (χ2v) is 6.92. The largest absolute Gasteiger partial charge is 0.369 e. The number of carbonyl (C=O) groups excluding carboxylic acids is 1. The first-order chi connectivity index (χ1) is 10.2. The van der Waals surface area contributed by atoms with Gasteiger partial charge in [0.05, 0.1) is 18.2 Å². The third kappa shape index (κ3) is 3.97. The van der Waals surface area contributed by atoms with Crippen LogP contribution in [0.25, 0.3) is 0 Å². The molecule has 0 radical (unpaired) electrons. The first kappa shape index (κ1) is 16.7. The van der Waals surface area contributed by atoms with Crippen molar-refractivity contribution in [2.24, 2.45) is 5.92 Å². The molecule has 1 N–H and O–H groups in total. The fraction of sp³-hybridized carbons (Fsp3) is 0.800. The lowest BCUT2D eigenvalue weighted by molar-refractivity contribution is -0.117. The van der Waals surface area contributed by atoms with Crippen molar-refractivity contribution in [3.05, 3.63) is 11.7 Å². The first-order valence-electron chi connectivity index (χ1n) is 7.71. The Bertz CT molecular complexity index is 527. The molecule has 2 amide bonds. The van der Waals surface area contributed by atoms with Gasteiger partial charge in [0.15, 0.2) is 5.82 Å². The van der Waals surface area contributed by atoms with E-state index in [-0.39, 0.29) is 29.7 Å². The second-order valence-electron chi connectivity index (χ2n) is 6.92. The summed E-state index contributed by atoms with van der Waals surface area (Å²) in [7, 11) is 0. The molecular weight excluding hydrogens is 284 g/mol. The van der Waals surface area contributed by atoms with Gasteiger partial charge in [0.2, 0.25) is 5.89 Å². The van der Waals surface area contributed by atoms with E-state index >= 15 is 0 Å². The van der Waals surface area contributed by atoms with Gasteiger partial charge in [-0.2, -0.15) is 4.98 Å². The van der Waals surface area contributed by atoms with Crippen molar-refractivity contribution < 1.29 is 14.1 Å². The van der Waals surface area contributed by atoms with Crippen LogP contribution < -0.4 is 5.32 Å². The third-order valence-corrected chi connectivity index (χ3v) is 3.61. The average Bonchev–Trinajstić information content (AvgIpc) is 2.79. The highest BCUT2D eigenvalue weighted by molar-refractivity contribution is 5.74. The Morgan fingerprint density at radius 2 is 2.14 bits per heavy atom. The maximum atomic E-state index is 12.6. The number of aromatic nitrogens is 2. The van der Waals surface area contributed by atoms with Crippen molar-refractivity contribution in [3.63, 3.8) is 0 Å². The Labute approximate surface area is 131 Å². The van der Waals surface area contributed by atoms with Crippen LogP contribution in [0.15, 0.2) is 4.52 Å². The highest BCUT2D eigenvalue weighted by atomic mass is 16.5. The molecule has 0 aliphatic carbocycles. The zero-order valence-corrected chi connectivity index (χ0v) is 14.2. The Balaban J connectivity index is 2.08. The van der Waals surface area contributed by atoms with Gasteiger partial charge in [-0.3, -0.25) is 0 Å². The molecule has 7 nitrogen and oxygen atoms in total. The van der Waals surface area contributed by atoms with Crippen molar-refractivity contribution >= 4 is 6.03 Å². The van der Waals surface area contributed by atoms with Gasteiger partial charge in [0.25, 0.3) is 0 Å². The highest BCUT2D eigenvalue weighted by Gasteiger charge is 2.35. The number of amides is 2. The second kappa shape index (κ2) is 6.24. The van der Waals surface area contributed by atoms with E-state index in [1.54, 1.807) is 11.8 Å². The van der Waals surface area contributed by atoms with Gasteiger partial charge in [-0.15, -0.1) is 0 Å². The van der Waals surface area contributed by atoms with Gasteiger partial charge in [-0.05, 0) is 33.6 Å². The van der Waals surface area contributed by atoms with Crippen LogP contribution in [0.4, 0.5) is 4.79 Å². The summed E-state index contributed by atoms with van der Waals surface area (Å²) >= 11 is 0. The van der Waals surface area contributed by atoms with Crippen LogP contribution in [0, 0.1) is 12.8 Å². The molecule has 1 aliphatic rings. The van der Waals surface area contributed by atoms with Crippen LogP contribution in [-0.2, 0) is 4.74 Å². The van der Waals surface area contributed by atoms with E-state index in [2.05, 4.69) is 15.5 Å². The van der Waals surface area contributed by atoms with Crippen LogP contribution in [0.5, 0.6) is 0 Å². The number of ether oxygens (including phenoxy) is 1. The number of hydrogen-bond acceptors (Lipinski definition) is 5. The van der Waals surface area contributed by atoms with Crippen LogP contribution in [0.3, 0.4) is 0 Å². The lowest BCUT2D eigenvalue weighted by Crippen LogP contribution is -2.56. The maximum Gasteiger partial charge on any atom is 0.318 e. The molecule has 1 aliphatic heterocycles. The van der Waals surface area contributed by atoms with E-state index in [0.717, 1.165) is 0 Å². The number of morpholine rings is 1. The van der Waals surface area contributed by atoms with E-state index in [1.165, 1.54) is 0 Å². The number of aryl methyl sites for hydroxylation is 1. The molecule has 124 valence electrons. The lowest BCUT2D eigenvalue weighted by atomic mass is 10.0. The minimum absolute atomic E-state index is 0.0117. The zero-order valence-electron chi connectivity index (χ0n) is 14.2. The summed E-state index contributed by atoms with van der Waals surface area (Å²) in [4.78, 5) is 18.6. The smallest absolute Gasteiger partial charge is 0.318 e. The van der Waals surface area contributed by atoms with E-state index in [0.29, 0.717) is 24.8 Å². The molecule has 1 fully saturated rings. The topological polar surface area (TPSA) is 80.5 Å². The minimum Gasteiger partial charge on any atom is -0.369 e. The fourth-order valence-electron chi connectivity index (χ4n) is 2.79. The molecule has 0 bridgehead atoms. The van der Waals surface area contributed by atoms with Crippen molar-refractivity contribution in [2.75, 3.05) is 13.1 Å². The molecule has 0 unspecified atom stereocenters. The van der Waals surface area contributed by atoms with Crippen LogP contribution >= 0.6 is 0 Å². The predicted molar refractivity (Wildman–Crippen MR) is 81.3 cm³/mol. The summed E-state index contributed by atoms with van der Waals surface area (Å²) in [5, 5.41) is 6.81. The molecule has 1 aromatic rings. The van der Waals surface area contributed by atoms with Gasteiger partial charge in [0.1, 0.15) is 6.04 Å². The number of nitrogens with one attached hydrogen (secondary N) is 1. The molecule has 7 heteroatoms. The molecular formula is C15H26N4O3. The molecule has 0 saturated carbocycles. The van der Waals surface area contributed by atoms with E-state index in [1.807, 2.05) is 34.6 Å². The lowest BCUT2D eigenvalue weighted by Gasteiger charge is -2.42. The van der Waals surface area contributed by atoms with Gasteiger partial charge < -0.3 is 19.5 Å². The van der Waals surface area contributed by atoms with Gasteiger partial charge in [0, 0.05) is 6.54 Å². The molecule has 0 aromatic carbocycles. The number of hydrogen-bond donors (Lipinski definition) is 1. The standard InChI is InChI=1S/C15H26N4O3/c1-9(2)12(13-16-11(4)18-22-13)17-14(20)19-7-10(3)21-15(5,6)8-19/h9-10,12H,7-8H2,1-6H3,(H,17,20)/t10-,12-/m1/s1. The molecule has 2 atom stereocenters. The summed E-state index contributed by atoms with van der Waals surface area (Å²) in [6.07, 6.45) is 0.0117. The van der Waals surface area contributed by atoms with Gasteiger partial charge in [-0.1, -0.05) is 19.0 Å². The molecule has 2 rings (SSSR count). The molecule has 1 saturated heterocycles. The Morgan fingerprint density at radius 1 is 1.45 bits per heavy atom. The van der Waals surface area contributed by atoms with E-state index in [4.69, 9.17) is 9.26 Å². The monoisotopic (exact) mass is 310 g/mol. The molecule has 22 heavy (non-hydrogen) atoms. The maximum absolute atomic E-state index is 12.6. The Kier molecular flexibility index (Phi) is 4.75. The number of urea groups is 1. The van der Waals surface area contributed by atoms with Crippen molar-refractivity contribution in [1.29, 1.82) is 0 Å². The van der Waals surface area contributed by atoms with Crippen LogP contribution in [0.2, 0.25) is 0 Å². The summed E-state index contributed by atoms with van der Waals surface area (Å²) in [5.41, 5.74) is -0.344. The minimum atomic E-state index is -0.344. The van der Waals surface area contributed by atoms with E-state index < -0.39 is 0 Å². The SMILES string of the molecule is Cc1noc([C@H](NC(=O)N2C[C@@H](C)OC(C)(C)C2)C(C)C)n1. The summed E-state index contributed by atoms with van der Waals surface area (Å²) in [5.74, 6) is 1.16. The fourth-order valence-corrected chi connectivity index (χ4v) is 2.79. The number of nitrogens with zero attached hydrogens (tertiary/aromatic N) is 3. The quantitative estimate of drug-likeness (QED) is 0.926. The average molecular weight is 310 g/mol. The normalized spacial score (nSPS) is 22.7. The molecule has 0 spiro atoms. The summed E-state index contributed by atoms with van der Waals surface area (Å²) in [6.45, 7) is 12.9. The van der Waals surface area contributed by atoms with Gasteiger partial charge >= 0.3 is 6.03 Å². The molecule has 1 aromatic heterocycles. The zero-order chi connectivity index (χ0) is 16.5. The van der Waals surface area contributed by atoms with Crippen molar-refractivity contribution in [1.82, 2.24) is 20.4 Å².